The standard InChI is InChI=1S/C16H16N2O4S/c1-10-9-13-14(23-10)17-16(20)18(15(13)19)7-8-22-12-5-3-11(21-2)4-6-12/h3-6,9H,7-8H2,1-2H3,(H,17,20). The second-order valence-corrected chi connectivity index (χ2v) is 6.27. The molecule has 23 heavy (non-hydrogen) atoms. The van der Waals surface area contributed by atoms with Gasteiger partial charge in [-0.3, -0.25) is 14.3 Å². The van der Waals surface area contributed by atoms with Gasteiger partial charge in [-0.25, -0.2) is 4.79 Å². The molecule has 3 aromatic rings. The molecule has 3 rings (SSSR count). The highest BCUT2D eigenvalue weighted by Crippen LogP contribution is 2.19. The summed E-state index contributed by atoms with van der Waals surface area (Å²) < 4.78 is 11.8. The number of H-pyrrole nitrogens is 1. The van der Waals surface area contributed by atoms with Crippen molar-refractivity contribution in [1.29, 1.82) is 0 Å². The Labute approximate surface area is 135 Å². The predicted molar refractivity (Wildman–Crippen MR) is 89.9 cm³/mol. The Bertz CT molecular complexity index is 937. The molecule has 1 N–H and O–H groups in total. The Morgan fingerprint density at radius 1 is 1.17 bits per heavy atom. The number of rotatable bonds is 5. The summed E-state index contributed by atoms with van der Waals surface area (Å²) in [5.41, 5.74) is -0.700. The molecule has 2 heterocycles. The van der Waals surface area contributed by atoms with E-state index in [-0.39, 0.29) is 18.7 Å². The third-order valence-corrected chi connectivity index (χ3v) is 4.41. The number of ether oxygens (including phenoxy) is 2. The van der Waals surface area contributed by atoms with Gasteiger partial charge in [0.2, 0.25) is 0 Å². The predicted octanol–water partition coefficient (Wildman–Crippen LogP) is 2.15. The molecular weight excluding hydrogens is 316 g/mol. The zero-order valence-electron chi connectivity index (χ0n) is 12.8. The van der Waals surface area contributed by atoms with Crippen molar-refractivity contribution in [1.82, 2.24) is 9.55 Å². The number of aryl methyl sites for hydroxylation is 1. The van der Waals surface area contributed by atoms with E-state index in [0.29, 0.717) is 16.0 Å². The van der Waals surface area contributed by atoms with Crippen molar-refractivity contribution in [2.75, 3.05) is 13.7 Å². The van der Waals surface area contributed by atoms with E-state index in [1.54, 1.807) is 37.4 Å². The maximum Gasteiger partial charge on any atom is 0.329 e. The zero-order valence-corrected chi connectivity index (χ0v) is 13.6. The number of thiophene rings is 1. The fourth-order valence-electron chi connectivity index (χ4n) is 2.30. The summed E-state index contributed by atoms with van der Waals surface area (Å²) in [5, 5.41) is 0.538. The van der Waals surface area contributed by atoms with Crippen LogP contribution in [0.4, 0.5) is 0 Å². The SMILES string of the molecule is COc1ccc(OCCn2c(=O)[nH]c3sc(C)cc3c2=O)cc1. The monoisotopic (exact) mass is 332 g/mol. The van der Waals surface area contributed by atoms with Crippen LogP contribution >= 0.6 is 11.3 Å². The number of aromatic nitrogens is 2. The largest absolute Gasteiger partial charge is 0.497 e. The third kappa shape index (κ3) is 3.14. The summed E-state index contributed by atoms with van der Waals surface area (Å²) in [6.07, 6.45) is 0. The van der Waals surface area contributed by atoms with Gasteiger partial charge in [-0.2, -0.15) is 0 Å². The molecule has 0 atom stereocenters. The molecule has 0 unspecified atom stereocenters. The summed E-state index contributed by atoms with van der Waals surface area (Å²) in [6.45, 7) is 2.31. The smallest absolute Gasteiger partial charge is 0.329 e. The topological polar surface area (TPSA) is 73.3 Å². The summed E-state index contributed by atoms with van der Waals surface area (Å²) in [6, 6.07) is 8.91. The van der Waals surface area contributed by atoms with Crippen molar-refractivity contribution >= 4 is 21.6 Å². The average Bonchev–Trinajstić information content (AvgIpc) is 2.91. The molecule has 0 saturated heterocycles. The van der Waals surface area contributed by atoms with Gasteiger partial charge >= 0.3 is 5.69 Å². The molecule has 0 amide bonds. The second kappa shape index (κ2) is 6.29. The van der Waals surface area contributed by atoms with E-state index in [2.05, 4.69) is 4.98 Å². The minimum atomic E-state index is -0.414. The average molecular weight is 332 g/mol. The van der Waals surface area contributed by atoms with Crippen LogP contribution < -0.4 is 20.7 Å². The first-order valence-electron chi connectivity index (χ1n) is 7.08. The lowest BCUT2D eigenvalue weighted by molar-refractivity contribution is 0.293. The highest BCUT2D eigenvalue weighted by Gasteiger charge is 2.10. The molecule has 6 nitrogen and oxygen atoms in total. The Hall–Kier alpha value is -2.54. The van der Waals surface area contributed by atoms with E-state index in [0.717, 1.165) is 15.2 Å². The van der Waals surface area contributed by atoms with Gasteiger partial charge in [0.1, 0.15) is 22.9 Å². The van der Waals surface area contributed by atoms with E-state index in [4.69, 9.17) is 9.47 Å². The zero-order chi connectivity index (χ0) is 16.4. The Kier molecular flexibility index (Phi) is 4.20. The minimum absolute atomic E-state index is 0.186. The molecule has 0 aliphatic heterocycles. The minimum Gasteiger partial charge on any atom is -0.497 e. The maximum atomic E-state index is 12.4. The fraction of sp³-hybridized carbons (Fsp3) is 0.250. The number of benzene rings is 1. The van der Waals surface area contributed by atoms with Gasteiger partial charge in [-0.05, 0) is 37.3 Å². The summed E-state index contributed by atoms with van der Waals surface area (Å²) in [7, 11) is 1.59. The number of hydrogen-bond acceptors (Lipinski definition) is 5. The number of fused-ring (bicyclic) bond motifs is 1. The van der Waals surface area contributed by atoms with Crippen LogP contribution in [0, 0.1) is 6.92 Å². The number of aromatic amines is 1. The van der Waals surface area contributed by atoms with Crippen LogP contribution in [0.2, 0.25) is 0 Å². The number of hydrogen-bond donors (Lipinski definition) is 1. The van der Waals surface area contributed by atoms with E-state index in [1.807, 2.05) is 6.92 Å². The maximum absolute atomic E-state index is 12.4. The number of nitrogens with zero attached hydrogens (tertiary/aromatic N) is 1. The lowest BCUT2D eigenvalue weighted by atomic mass is 10.3. The van der Waals surface area contributed by atoms with E-state index in [9.17, 15) is 9.59 Å². The van der Waals surface area contributed by atoms with Crippen LogP contribution in [0.25, 0.3) is 10.2 Å². The molecule has 120 valence electrons. The van der Waals surface area contributed by atoms with Gasteiger partial charge in [0, 0.05) is 4.88 Å². The van der Waals surface area contributed by atoms with Crippen molar-refractivity contribution < 1.29 is 9.47 Å². The molecule has 0 spiro atoms. The molecule has 0 radical (unpaired) electrons. The van der Waals surface area contributed by atoms with Gasteiger partial charge in [0.15, 0.2) is 0 Å². The molecule has 0 bridgehead atoms. The summed E-state index contributed by atoms with van der Waals surface area (Å²) in [5.74, 6) is 1.39. The lowest BCUT2D eigenvalue weighted by Crippen LogP contribution is -2.36. The van der Waals surface area contributed by atoms with Gasteiger partial charge < -0.3 is 9.47 Å². The van der Waals surface area contributed by atoms with Crippen molar-refractivity contribution in [3.63, 3.8) is 0 Å². The van der Waals surface area contributed by atoms with Crippen molar-refractivity contribution in [3.8, 4) is 11.5 Å². The molecule has 0 fully saturated rings. The van der Waals surface area contributed by atoms with Gasteiger partial charge in [0.05, 0.1) is 19.0 Å². The van der Waals surface area contributed by atoms with Crippen molar-refractivity contribution in [3.05, 3.63) is 56.0 Å². The first-order chi connectivity index (χ1) is 11.1. The van der Waals surface area contributed by atoms with Gasteiger partial charge in [0.25, 0.3) is 5.56 Å². The molecular formula is C16H16N2O4S. The van der Waals surface area contributed by atoms with Crippen LogP contribution in [-0.4, -0.2) is 23.3 Å². The first kappa shape index (κ1) is 15.4. The summed E-state index contributed by atoms with van der Waals surface area (Å²) >= 11 is 1.40. The third-order valence-electron chi connectivity index (χ3n) is 3.44. The molecule has 1 aromatic carbocycles. The molecule has 0 saturated carbocycles. The molecule has 2 aromatic heterocycles. The van der Waals surface area contributed by atoms with E-state index in [1.165, 1.54) is 11.3 Å². The molecule has 0 aliphatic rings. The Balaban J connectivity index is 1.76. The highest BCUT2D eigenvalue weighted by atomic mass is 32.1. The van der Waals surface area contributed by atoms with E-state index < -0.39 is 5.69 Å². The van der Waals surface area contributed by atoms with Crippen molar-refractivity contribution in [2.45, 2.75) is 13.5 Å². The Morgan fingerprint density at radius 2 is 1.87 bits per heavy atom. The lowest BCUT2D eigenvalue weighted by Gasteiger charge is -2.08. The van der Waals surface area contributed by atoms with Crippen LogP contribution in [-0.2, 0) is 6.54 Å². The van der Waals surface area contributed by atoms with Crippen LogP contribution in [0.3, 0.4) is 0 Å². The quantitative estimate of drug-likeness (QED) is 0.777. The second-order valence-electron chi connectivity index (χ2n) is 5.01. The number of methoxy groups -OCH3 is 1. The van der Waals surface area contributed by atoms with Crippen LogP contribution in [0.5, 0.6) is 11.5 Å². The number of nitrogens with one attached hydrogen (secondary N) is 1. The highest BCUT2D eigenvalue weighted by molar-refractivity contribution is 7.18. The normalized spacial score (nSPS) is 10.9. The van der Waals surface area contributed by atoms with E-state index >= 15 is 0 Å². The first-order valence-corrected chi connectivity index (χ1v) is 7.90. The fourth-order valence-corrected chi connectivity index (χ4v) is 3.19. The Morgan fingerprint density at radius 3 is 2.57 bits per heavy atom. The van der Waals surface area contributed by atoms with Crippen LogP contribution in [0.15, 0.2) is 39.9 Å². The summed E-state index contributed by atoms with van der Waals surface area (Å²) in [4.78, 5) is 28.7. The van der Waals surface area contributed by atoms with Crippen molar-refractivity contribution in [2.24, 2.45) is 0 Å². The molecule has 0 aliphatic carbocycles. The van der Waals surface area contributed by atoms with Gasteiger partial charge in [-0.1, -0.05) is 0 Å². The van der Waals surface area contributed by atoms with Crippen LogP contribution in [0.1, 0.15) is 4.88 Å². The van der Waals surface area contributed by atoms with Gasteiger partial charge in [-0.15, -0.1) is 11.3 Å². The molecule has 7 heteroatoms.